The topological polar surface area (TPSA) is 83.8 Å². The lowest BCUT2D eigenvalue weighted by molar-refractivity contribution is 0.102. The molecule has 0 saturated heterocycles. The molecule has 0 aliphatic carbocycles. The highest BCUT2D eigenvalue weighted by Gasteiger charge is 2.22. The average molecular weight is 393 g/mol. The van der Waals surface area contributed by atoms with E-state index in [0.717, 1.165) is 11.9 Å². The van der Waals surface area contributed by atoms with Gasteiger partial charge >= 0.3 is 0 Å². The molecule has 0 radical (unpaired) electrons. The van der Waals surface area contributed by atoms with Crippen molar-refractivity contribution < 1.29 is 13.2 Å². The summed E-state index contributed by atoms with van der Waals surface area (Å²) in [5, 5.41) is 3.01. The summed E-state index contributed by atoms with van der Waals surface area (Å²) in [6.07, 6.45) is 2.61. The van der Waals surface area contributed by atoms with E-state index in [-0.39, 0.29) is 10.9 Å². The first kappa shape index (κ1) is 18.2. The highest BCUT2D eigenvalue weighted by atomic mass is 35.5. The van der Waals surface area contributed by atoms with E-state index in [1.165, 1.54) is 4.40 Å². The number of fused-ring (bicyclic) bond motifs is 1. The van der Waals surface area contributed by atoms with Crippen molar-refractivity contribution >= 4 is 44.2 Å². The second-order valence-corrected chi connectivity index (χ2v) is 8.30. The Balaban J connectivity index is 2.00. The zero-order valence-electron chi connectivity index (χ0n) is 14.4. The number of imidazole rings is 1. The highest BCUT2D eigenvalue weighted by Crippen LogP contribution is 2.28. The summed E-state index contributed by atoms with van der Waals surface area (Å²) < 4.78 is 25.3. The summed E-state index contributed by atoms with van der Waals surface area (Å²) >= 11 is 6.22. The van der Waals surface area contributed by atoms with Gasteiger partial charge in [-0.05, 0) is 30.3 Å². The number of carbonyl (C=O) groups is 1. The molecule has 0 atom stereocenters. The summed E-state index contributed by atoms with van der Waals surface area (Å²) in [7, 11) is 0.137. The second-order valence-electron chi connectivity index (χ2n) is 5.99. The molecule has 0 spiro atoms. The smallest absolute Gasteiger partial charge is 0.276 e. The summed E-state index contributed by atoms with van der Waals surface area (Å²) in [6, 6.07) is 10.1. The van der Waals surface area contributed by atoms with Crippen LogP contribution < -0.4 is 10.2 Å². The van der Waals surface area contributed by atoms with Crippen molar-refractivity contribution in [3.8, 4) is 0 Å². The van der Waals surface area contributed by atoms with E-state index in [4.69, 9.17) is 11.6 Å². The molecule has 0 unspecified atom stereocenters. The molecular formula is C17H17ClN4O3S. The van der Waals surface area contributed by atoms with E-state index in [9.17, 15) is 13.2 Å². The Kier molecular flexibility index (Phi) is 4.64. The van der Waals surface area contributed by atoms with Gasteiger partial charge in [-0.25, -0.2) is 13.4 Å². The summed E-state index contributed by atoms with van der Waals surface area (Å²) in [5.74, 6) is -0.516. The van der Waals surface area contributed by atoms with Crippen LogP contribution in [-0.2, 0) is 9.84 Å². The van der Waals surface area contributed by atoms with Crippen LogP contribution in [0.3, 0.4) is 0 Å². The monoisotopic (exact) mass is 392 g/mol. The molecular weight excluding hydrogens is 376 g/mol. The fourth-order valence-corrected chi connectivity index (χ4v) is 3.70. The Morgan fingerprint density at radius 3 is 2.58 bits per heavy atom. The first-order valence-corrected chi connectivity index (χ1v) is 9.91. The lowest BCUT2D eigenvalue weighted by Gasteiger charge is -2.15. The van der Waals surface area contributed by atoms with Gasteiger partial charge in [0, 0.05) is 32.2 Å². The molecule has 0 aliphatic rings. The minimum atomic E-state index is -3.59. The van der Waals surface area contributed by atoms with Crippen molar-refractivity contribution in [2.45, 2.75) is 5.16 Å². The van der Waals surface area contributed by atoms with Crippen LogP contribution in [0, 0.1) is 0 Å². The molecule has 2 aromatic heterocycles. The molecule has 3 rings (SSSR count). The SMILES string of the molecule is CN(C)c1ccc(NC(=O)c2nc(S(C)(=O)=O)n3ccccc23)cc1Cl. The molecule has 26 heavy (non-hydrogen) atoms. The van der Waals surface area contributed by atoms with Crippen LogP contribution in [0.1, 0.15) is 10.5 Å². The molecule has 2 heterocycles. The Morgan fingerprint density at radius 1 is 1.23 bits per heavy atom. The number of hydrogen-bond donors (Lipinski definition) is 1. The first-order valence-electron chi connectivity index (χ1n) is 7.64. The van der Waals surface area contributed by atoms with Crippen molar-refractivity contribution in [2.75, 3.05) is 30.6 Å². The number of nitrogens with zero attached hydrogens (tertiary/aromatic N) is 3. The summed E-state index contributed by atoms with van der Waals surface area (Å²) in [6.45, 7) is 0. The molecule has 1 amide bonds. The van der Waals surface area contributed by atoms with E-state index in [1.807, 2.05) is 19.0 Å². The van der Waals surface area contributed by atoms with E-state index in [0.29, 0.717) is 16.2 Å². The third kappa shape index (κ3) is 3.38. The molecule has 0 aliphatic heterocycles. The number of aromatic nitrogens is 2. The van der Waals surface area contributed by atoms with Gasteiger partial charge in [-0.2, -0.15) is 0 Å². The van der Waals surface area contributed by atoms with E-state index < -0.39 is 15.7 Å². The number of amides is 1. The van der Waals surface area contributed by atoms with E-state index in [1.54, 1.807) is 42.6 Å². The maximum absolute atomic E-state index is 12.7. The number of halogens is 1. The second kappa shape index (κ2) is 6.62. The quantitative estimate of drug-likeness (QED) is 0.738. The first-order chi connectivity index (χ1) is 12.2. The van der Waals surface area contributed by atoms with Crippen LogP contribution in [0.15, 0.2) is 47.8 Å². The third-order valence-electron chi connectivity index (χ3n) is 3.75. The lowest BCUT2D eigenvalue weighted by Crippen LogP contribution is -2.14. The molecule has 9 heteroatoms. The standard InChI is InChI=1S/C17H17ClN4O3S/c1-21(2)13-8-7-11(10-12(13)18)19-16(23)15-14-6-4-5-9-22(14)17(20-15)26(3,24)25/h4-10H,1-3H3,(H,19,23). The predicted octanol–water partition coefficient (Wildman–Crippen LogP) is 2.71. The zero-order chi connectivity index (χ0) is 19.1. The molecule has 1 aromatic carbocycles. The zero-order valence-corrected chi connectivity index (χ0v) is 16.0. The molecule has 0 fully saturated rings. The van der Waals surface area contributed by atoms with Gasteiger partial charge < -0.3 is 10.2 Å². The predicted molar refractivity (Wildman–Crippen MR) is 102 cm³/mol. The number of nitrogens with one attached hydrogen (secondary N) is 1. The largest absolute Gasteiger partial charge is 0.376 e. The number of benzene rings is 1. The number of carbonyl (C=O) groups excluding carboxylic acids is 1. The van der Waals surface area contributed by atoms with Gasteiger partial charge in [-0.1, -0.05) is 17.7 Å². The van der Waals surface area contributed by atoms with Gasteiger partial charge in [0.15, 0.2) is 5.69 Å². The molecule has 7 nitrogen and oxygen atoms in total. The van der Waals surface area contributed by atoms with Crippen LogP contribution in [0.4, 0.5) is 11.4 Å². The maximum Gasteiger partial charge on any atom is 0.276 e. The Labute approximate surface area is 156 Å². The number of anilines is 2. The van der Waals surface area contributed by atoms with Crippen LogP contribution in [0.2, 0.25) is 5.02 Å². The molecule has 136 valence electrons. The van der Waals surface area contributed by atoms with Crippen molar-refractivity contribution in [3.63, 3.8) is 0 Å². The number of hydrogen-bond acceptors (Lipinski definition) is 5. The van der Waals surface area contributed by atoms with Gasteiger partial charge in [-0.3, -0.25) is 9.20 Å². The minimum Gasteiger partial charge on any atom is -0.376 e. The van der Waals surface area contributed by atoms with Crippen molar-refractivity contribution in [3.05, 3.63) is 53.3 Å². The van der Waals surface area contributed by atoms with Gasteiger partial charge in [0.25, 0.3) is 5.91 Å². The average Bonchev–Trinajstić information content (AvgIpc) is 2.94. The Hall–Kier alpha value is -2.58. The Morgan fingerprint density at radius 2 is 1.96 bits per heavy atom. The van der Waals surface area contributed by atoms with Crippen molar-refractivity contribution in [1.29, 1.82) is 0 Å². The minimum absolute atomic E-state index is 0.0267. The van der Waals surface area contributed by atoms with Crippen molar-refractivity contribution in [2.24, 2.45) is 0 Å². The van der Waals surface area contributed by atoms with Crippen LogP contribution in [0.25, 0.3) is 5.52 Å². The van der Waals surface area contributed by atoms with E-state index in [2.05, 4.69) is 10.3 Å². The van der Waals surface area contributed by atoms with Crippen molar-refractivity contribution in [1.82, 2.24) is 9.38 Å². The highest BCUT2D eigenvalue weighted by molar-refractivity contribution is 7.90. The summed E-state index contributed by atoms with van der Waals surface area (Å²) in [4.78, 5) is 18.6. The maximum atomic E-state index is 12.7. The lowest BCUT2D eigenvalue weighted by atomic mass is 10.2. The normalized spacial score (nSPS) is 11.5. The molecule has 3 aromatic rings. The van der Waals surface area contributed by atoms with Gasteiger partial charge in [0.1, 0.15) is 0 Å². The fraction of sp³-hybridized carbons (Fsp3) is 0.176. The van der Waals surface area contributed by atoms with Gasteiger partial charge in [0.2, 0.25) is 15.0 Å². The summed E-state index contributed by atoms with van der Waals surface area (Å²) in [5.41, 5.74) is 1.74. The third-order valence-corrected chi connectivity index (χ3v) is 5.00. The number of sulfone groups is 1. The molecule has 0 bridgehead atoms. The van der Waals surface area contributed by atoms with E-state index >= 15 is 0 Å². The fourth-order valence-electron chi connectivity index (χ4n) is 2.58. The molecule has 0 saturated carbocycles. The van der Waals surface area contributed by atoms with Gasteiger partial charge in [-0.15, -0.1) is 0 Å². The number of rotatable bonds is 4. The Bertz CT molecular complexity index is 1110. The van der Waals surface area contributed by atoms with Crippen LogP contribution >= 0.6 is 11.6 Å². The van der Waals surface area contributed by atoms with Crippen LogP contribution in [-0.4, -0.2) is 44.1 Å². The number of pyridine rings is 1. The molecule has 1 N–H and O–H groups in total. The van der Waals surface area contributed by atoms with Crippen LogP contribution in [0.5, 0.6) is 0 Å². The van der Waals surface area contributed by atoms with Gasteiger partial charge in [0.05, 0.1) is 16.2 Å².